The number of rotatable bonds is 4. The predicted molar refractivity (Wildman–Crippen MR) is 58.5 cm³/mol. The highest BCUT2D eigenvalue weighted by Crippen LogP contribution is 2.17. The number of urea groups is 1. The molecule has 1 heterocycles. The van der Waals surface area contributed by atoms with Gasteiger partial charge >= 0.3 is 6.03 Å². The van der Waals surface area contributed by atoms with Crippen LogP contribution in [0.1, 0.15) is 17.8 Å². The zero-order valence-corrected chi connectivity index (χ0v) is 9.14. The smallest absolute Gasteiger partial charge is 0.318 e. The SMILES string of the molecule is C[C@@H](NCC(=O)NC(N)=O)c1cccs1. The van der Waals surface area contributed by atoms with E-state index >= 15 is 0 Å². The van der Waals surface area contributed by atoms with Crippen molar-refractivity contribution in [2.24, 2.45) is 5.73 Å². The molecular formula is C9H13N3O2S. The number of thiophene rings is 1. The minimum absolute atomic E-state index is 0.0714. The van der Waals surface area contributed by atoms with Crippen LogP contribution in [-0.2, 0) is 4.79 Å². The van der Waals surface area contributed by atoms with Gasteiger partial charge < -0.3 is 11.1 Å². The van der Waals surface area contributed by atoms with Gasteiger partial charge in [-0.05, 0) is 18.4 Å². The number of hydrogen-bond donors (Lipinski definition) is 3. The van der Waals surface area contributed by atoms with Crippen LogP contribution in [0.15, 0.2) is 17.5 Å². The van der Waals surface area contributed by atoms with E-state index in [-0.39, 0.29) is 12.6 Å². The normalized spacial score (nSPS) is 12.1. The molecule has 15 heavy (non-hydrogen) atoms. The maximum Gasteiger partial charge on any atom is 0.318 e. The number of carbonyl (C=O) groups excluding carboxylic acids is 2. The van der Waals surface area contributed by atoms with E-state index in [1.54, 1.807) is 11.3 Å². The fourth-order valence-electron chi connectivity index (χ4n) is 1.07. The molecule has 0 aromatic carbocycles. The molecule has 3 amide bonds. The lowest BCUT2D eigenvalue weighted by molar-refractivity contribution is -0.119. The van der Waals surface area contributed by atoms with Crippen molar-refractivity contribution in [3.05, 3.63) is 22.4 Å². The Morgan fingerprint density at radius 1 is 1.60 bits per heavy atom. The maximum atomic E-state index is 11.1. The first-order valence-corrected chi connectivity index (χ1v) is 5.33. The van der Waals surface area contributed by atoms with Crippen LogP contribution in [0.4, 0.5) is 4.79 Å². The number of primary amides is 1. The second-order valence-electron chi connectivity index (χ2n) is 3.03. The standard InChI is InChI=1S/C9H13N3O2S/c1-6(7-3-2-4-15-7)11-5-8(13)12-9(10)14/h2-4,6,11H,5H2,1H3,(H3,10,12,13,14)/t6-/m1/s1. The Labute approximate surface area is 91.7 Å². The van der Waals surface area contributed by atoms with Crippen LogP contribution in [-0.4, -0.2) is 18.5 Å². The van der Waals surface area contributed by atoms with Gasteiger partial charge in [-0.25, -0.2) is 4.79 Å². The van der Waals surface area contributed by atoms with Gasteiger partial charge in [-0.1, -0.05) is 6.07 Å². The summed E-state index contributed by atoms with van der Waals surface area (Å²) in [6, 6.07) is 3.19. The summed E-state index contributed by atoms with van der Waals surface area (Å²) >= 11 is 1.61. The predicted octanol–water partition coefficient (Wildman–Crippen LogP) is 0.594. The number of hydrogen-bond acceptors (Lipinski definition) is 4. The molecule has 0 bridgehead atoms. The number of imide groups is 1. The van der Waals surface area contributed by atoms with Gasteiger partial charge in [0.1, 0.15) is 0 Å². The molecule has 1 atom stereocenters. The Kier molecular flexibility index (Phi) is 4.26. The van der Waals surface area contributed by atoms with E-state index in [1.165, 1.54) is 0 Å². The second kappa shape index (κ2) is 5.47. The van der Waals surface area contributed by atoms with E-state index < -0.39 is 11.9 Å². The minimum Gasteiger partial charge on any atom is -0.351 e. The van der Waals surface area contributed by atoms with Crippen molar-refractivity contribution in [2.45, 2.75) is 13.0 Å². The molecule has 0 aliphatic heterocycles. The van der Waals surface area contributed by atoms with Crippen LogP contribution in [0.5, 0.6) is 0 Å². The first-order valence-electron chi connectivity index (χ1n) is 4.45. The van der Waals surface area contributed by atoms with Crippen molar-refractivity contribution in [3.63, 3.8) is 0 Å². The minimum atomic E-state index is -0.828. The van der Waals surface area contributed by atoms with Crippen LogP contribution in [0.3, 0.4) is 0 Å². The summed E-state index contributed by atoms with van der Waals surface area (Å²) in [5.74, 6) is -0.425. The Morgan fingerprint density at radius 2 is 2.33 bits per heavy atom. The molecule has 0 aliphatic rings. The van der Waals surface area contributed by atoms with Gasteiger partial charge in [-0.2, -0.15) is 0 Å². The molecule has 0 spiro atoms. The second-order valence-corrected chi connectivity index (χ2v) is 4.01. The lowest BCUT2D eigenvalue weighted by Gasteiger charge is -2.10. The summed E-state index contributed by atoms with van der Waals surface area (Å²) < 4.78 is 0. The van der Waals surface area contributed by atoms with Crippen molar-refractivity contribution >= 4 is 23.3 Å². The van der Waals surface area contributed by atoms with Gasteiger partial charge in [0, 0.05) is 10.9 Å². The number of nitrogens with one attached hydrogen (secondary N) is 2. The molecule has 0 saturated carbocycles. The molecule has 0 aliphatic carbocycles. The molecule has 1 aromatic heterocycles. The van der Waals surface area contributed by atoms with Crippen LogP contribution < -0.4 is 16.4 Å². The van der Waals surface area contributed by atoms with Crippen LogP contribution >= 0.6 is 11.3 Å². The third-order valence-electron chi connectivity index (χ3n) is 1.80. The third kappa shape index (κ3) is 4.09. The lowest BCUT2D eigenvalue weighted by atomic mass is 10.3. The van der Waals surface area contributed by atoms with Crippen molar-refractivity contribution in [2.75, 3.05) is 6.54 Å². The van der Waals surface area contributed by atoms with E-state index in [0.717, 1.165) is 4.88 Å². The first-order chi connectivity index (χ1) is 7.09. The van der Waals surface area contributed by atoms with E-state index in [0.29, 0.717) is 0 Å². The van der Waals surface area contributed by atoms with E-state index in [9.17, 15) is 9.59 Å². The molecule has 4 N–H and O–H groups in total. The van der Waals surface area contributed by atoms with Gasteiger partial charge in [0.05, 0.1) is 6.54 Å². The molecule has 82 valence electrons. The van der Waals surface area contributed by atoms with E-state index in [4.69, 9.17) is 5.73 Å². The zero-order chi connectivity index (χ0) is 11.3. The average Bonchev–Trinajstić information content (AvgIpc) is 2.65. The molecule has 1 aromatic rings. The lowest BCUT2D eigenvalue weighted by Crippen LogP contribution is -2.41. The summed E-state index contributed by atoms with van der Waals surface area (Å²) in [4.78, 5) is 22.5. The maximum absolute atomic E-state index is 11.1. The highest BCUT2D eigenvalue weighted by atomic mass is 32.1. The van der Waals surface area contributed by atoms with Crippen molar-refractivity contribution in [3.8, 4) is 0 Å². The van der Waals surface area contributed by atoms with E-state index in [2.05, 4.69) is 5.32 Å². The Bertz CT molecular complexity index is 337. The van der Waals surface area contributed by atoms with Gasteiger partial charge in [0.2, 0.25) is 5.91 Å². The molecule has 0 radical (unpaired) electrons. The monoisotopic (exact) mass is 227 g/mol. The van der Waals surface area contributed by atoms with Crippen molar-refractivity contribution in [1.29, 1.82) is 0 Å². The summed E-state index contributed by atoms with van der Waals surface area (Å²) in [7, 11) is 0. The highest BCUT2D eigenvalue weighted by Gasteiger charge is 2.08. The van der Waals surface area contributed by atoms with Gasteiger partial charge in [-0.15, -0.1) is 11.3 Å². The highest BCUT2D eigenvalue weighted by molar-refractivity contribution is 7.10. The summed E-state index contributed by atoms with van der Waals surface area (Å²) in [5, 5.41) is 6.93. The molecular weight excluding hydrogens is 214 g/mol. The molecule has 1 rings (SSSR count). The van der Waals surface area contributed by atoms with Crippen molar-refractivity contribution in [1.82, 2.24) is 10.6 Å². The van der Waals surface area contributed by atoms with Gasteiger partial charge in [-0.3, -0.25) is 10.1 Å². The molecule has 0 fully saturated rings. The summed E-state index contributed by atoms with van der Waals surface area (Å²) in [6.45, 7) is 2.02. The largest absolute Gasteiger partial charge is 0.351 e. The van der Waals surface area contributed by atoms with Crippen LogP contribution in [0.25, 0.3) is 0 Å². The average molecular weight is 227 g/mol. The summed E-state index contributed by atoms with van der Waals surface area (Å²) in [5.41, 5.74) is 4.80. The number of carbonyl (C=O) groups is 2. The van der Waals surface area contributed by atoms with Crippen LogP contribution in [0.2, 0.25) is 0 Å². The summed E-state index contributed by atoms with van der Waals surface area (Å²) in [6.07, 6.45) is 0. The fourth-order valence-corrected chi connectivity index (χ4v) is 1.82. The van der Waals surface area contributed by atoms with Gasteiger partial charge in [0.15, 0.2) is 0 Å². The third-order valence-corrected chi connectivity index (χ3v) is 2.86. The molecule has 0 saturated heterocycles. The van der Waals surface area contributed by atoms with Gasteiger partial charge in [0.25, 0.3) is 0 Å². The Hall–Kier alpha value is -1.40. The van der Waals surface area contributed by atoms with Crippen molar-refractivity contribution < 1.29 is 9.59 Å². The number of nitrogens with two attached hydrogens (primary N) is 1. The van der Waals surface area contributed by atoms with Crippen LogP contribution in [0, 0.1) is 0 Å². The number of amides is 3. The fraction of sp³-hybridized carbons (Fsp3) is 0.333. The zero-order valence-electron chi connectivity index (χ0n) is 8.32. The quantitative estimate of drug-likeness (QED) is 0.704. The molecule has 6 heteroatoms. The molecule has 0 unspecified atom stereocenters. The van der Waals surface area contributed by atoms with E-state index in [1.807, 2.05) is 29.8 Å². The topological polar surface area (TPSA) is 84.2 Å². The Morgan fingerprint density at radius 3 is 2.87 bits per heavy atom. The first kappa shape index (κ1) is 11.7. The molecule has 5 nitrogen and oxygen atoms in total. The Balaban J connectivity index is 2.31.